The highest BCUT2D eigenvalue weighted by Gasteiger charge is 2.32. The average Bonchev–Trinajstić information content (AvgIpc) is 3.47. The number of thiazole rings is 1. The number of tetrazole rings is 1. The predicted octanol–water partition coefficient (Wildman–Crippen LogP) is 1.09. The molecule has 2 heterocycles. The molecule has 0 aliphatic carbocycles. The zero-order valence-corrected chi connectivity index (χ0v) is 21.1. The van der Waals surface area contributed by atoms with Gasteiger partial charge in [0.05, 0.1) is 33.0 Å². The van der Waals surface area contributed by atoms with Crippen LogP contribution in [0.15, 0.2) is 40.1 Å². The fourth-order valence-corrected chi connectivity index (χ4v) is 7.18. The van der Waals surface area contributed by atoms with Gasteiger partial charge >= 0.3 is 6.09 Å². The topological polar surface area (TPSA) is 226 Å². The molecule has 1 amide bonds. The van der Waals surface area contributed by atoms with Crippen LogP contribution in [0.25, 0.3) is 32.7 Å². The number of rotatable bonds is 8. The number of anilines is 1. The molecule has 17 heteroatoms. The van der Waals surface area contributed by atoms with E-state index in [0.29, 0.717) is 15.8 Å². The summed E-state index contributed by atoms with van der Waals surface area (Å²) in [7, 11) is -8.76. The number of carbonyl (C=O) groups is 1. The SMILES string of the molecule is CCOC(=O)Nc1nc2c(-c3ccc(S(=O)(=O)CCN)c(S(N)(=O)=O)c3-c3nn[nH]n3)cccc2s1. The molecule has 0 radical (unpaired) electrons. The second kappa shape index (κ2) is 9.86. The lowest BCUT2D eigenvalue weighted by Crippen LogP contribution is -2.22. The van der Waals surface area contributed by atoms with Gasteiger partial charge in [0.15, 0.2) is 15.0 Å². The fraction of sp³-hybridized carbons (Fsp3) is 0.211. The van der Waals surface area contributed by atoms with Crippen molar-refractivity contribution in [2.45, 2.75) is 16.7 Å². The third kappa shape index (κ3) is 4.91. The minimum atomic E-state index is -4.63. The number of fused-ring (bicyclic) bond motifs is 1. The summed E-state index contributed by atoms with van der Waals surface area (Å²) in [6.07, 6.45) is -0.684. The second-order valence-electron chi connectivity index (χ2n) is 7.22. The lowest BCUT2D eigenvalue weighted by Gasteiger charge is -2.16. The van der Waals surface area contributed by atoms with Crippen molar-refractivity contribution in [2.75, 3.05) is 24.2 Å². The Balaban J connectivity index is 2.04. The van der Waals surface area contributed by atoms with Crippen LogP contribution >= 0.6 is 11.3 Å². The van der Waals surface area contributed by atoms with Crippen molar-refractivity contribution < 1.29 is 26.4 Å². The van der Waals surface area contributed by atoms with E-state index in [-0.39, 0.29) is 35.2 Å². The molecule has 0 aliphatic heterocycles. The number of ether oxygens (including phenoxy) is 1. The van der Waals surface area contributed by atoms with Crippen LogP contribution in [-0.2, 0) is 24.6 Å². The Morgan fingerprint density at radius 2 is 1.94 bits per heavy atom. The van der Waals surface area contributed by atoms with Gasteiger partial charge in [0.1, 0.15) is 4.90 Å². The molecular formula is C19H20N8O6S3. The lowest BCUT2D eigenvalue weighted by atomic mass is 9.98. The van der Waals surface area contributed by atoms with Gasteiger partial charge in [-0.25, -0.2) is 31.8 Å². The molecule has 0 bridgehead atoms. The largest absolute Gasteiger partial charge is 0.450 e. The number of nitrogens with two attached hydrogens (primary N) is 2. The van der Waals surface area contributed by atoms with Crippen LogP contribution in [0, 0.1) is 0 Å². The Hall–Kier alpha value is -3.51. The number of hydrogen-bond acceptors (Lipinski definition) is 12. The number of para-hydroxylation sites is 1. The molecule has 36 heavy (non-hydrogen) atoms. The summed E-state index contributed by atoms with van der Waals surface area (Å²) in [5, 5.41) is 21.8. The third-order valence-electron chi connectivity index (χ3n) is 4.89. The zero-order chi connectivity index (χ0) is 26.1. The van der Waals surface area contributed by atoms with Gasteiger partial charge in [-0.3, -0.25) is 5.32 Å². The van der Waals surface area contributed by atoms with Crippen LogP contribution < -0.4 is 16.2 Å². The van der Waals surface area contributed by atoms with Crippen molar-refractivity contribution >= 4 is 52.6 Å². The fourth-order valence-electron chi connectivity index (χ4n) is 3.54. The maximum atomic E-state index is 12.9. The number of nitrogens with zero attached hydrogens (tertiary/aromatic N) is 4. The molecule has 0 unspecified atom stereocenters. The van der Waals surface area contributed by atoms with Crippen molar-refractivity contribution in [3.8, 4) is 22.5 Å². The van der Waals surface area contributed by atoms with Crippen molar-refractivity contribution in [2.24, 2.45) is 10.9 Å². The van der Waals surface area contributed by atoms with Crippen LogP contribution in [0.3, 0.4) is 0 Å². The number of aromatic amines is 1. The minimum absolute atomic E-state index is 0.172. The molecule has 2 aromatic heterocycles. The van der Waals surface area contributed by atoms with Gasteiger partial charge in [0.25, 0.3) is 0 Å². The number of carbonyl (C=O) groups excluding carboxylic acids is 1. The minimum Gasteiger partial charge on any atom is -0.450 e. The van der Waals surface area contributed by atoms with Crippen LogP contribution in [-0.4, -0.2) is 67.4 Å². The highest BCUT2D eigenvalue weighted by Crippen LogP contribution is 2.42. The number of sulfonamides is 1. The number of sulfone groups is 1. The smallest absolute Gasteiger partial charge is 0.413 e. The van der Waals surface area contributed by atoms with Gasteiger partial charge in [0, 0.05) is 12.1 Å². The molecule has 4 rings (SSSR count). The van der Waals surface area contributed by atoms with Gasteiger partial charge in [0.2, 0.25) is 15.8 Å². The summed E-state index contributed by atoms with van der Waals surface area (Å²) >= 11 is 1.16. The van der Waals surface area contributed by atoms with Crippen molar-refractivity contribution in [1.29, 1.82) is 0 Å². The number of amides is 1. The lowest BCUT2D eigenvalue weighted by molar-refractivity contribution is 0.168. The van der Waals surface area contributed by atoms with Gasteiger partial charge < -0.3 is 10.5 Å². The van der Waals surface area contributed by atoms with Crippen molar-refractivity contribution in [1.82, 2.24) is 25.6 Å². The van der Waals surface area contributed by atoms with E-state index in [9.17, 15) is 21.6 Å². The molecule has 2 aromatic carbocycles. The number of aromatic nitrogens is 5. The van der Waals surface area contributed by atoms with Crippen LogP contribution in [0.1, 0.15) is 6.92 Å². The second-order valence-corrected chi connectivity index (χ2v) is 11.8. The number of benzene rings is 2. The Kier molecular flexibility index (Phi) is 7.01. The van der Waals surface area contributed by atoms with E-state index in [4.69, 9.17) is 15.6 Å². The standard InChI is InChI=1S/C19H20N8O6S3/c1-2-33-19(28)23-18-22-15-11(4-3-5-12(15)34-18)10-6-7-13(35(29,30)9-8-20)16(36(21,31)32)14(10)17-24-26-27-25-17/h3-7H,2,8-9,20H2,1H3,(H2,21,31,32)(H,22,23,28)(H,24,25,26,27). The van der Waals surface area contributed by atoms with E-state index in [1.165, 1.54) is 6.07 Å². The summed E-state index contributed by atoms with van der Waals surface area (Å²) < 4.78 is 56.9. The summed E-state index contributed by atoms with van der Waals surface area (Å²) in [6.45, 7) is 1.60. The molecule has 190 valence electrons. The van der Waals surface area contributed by atoms with Crippen LogP contribution in [0.2, 0.25) is 0 Å². The molecule has 4 aromatic rings. The summed E-state index contributed by atoms with van der Waals surface area (Å²) in [6, 6.07) is 7.65. The van der Waals surface area contributed by atoms with E-state index in [1.54, 1.807) is 25.1 Å². The summed E-state index contributed by atoms with van der Waals surface area (Å²) in [5.74, 6) is -0.707. The molecule has 0 saturated heterocycles. The molecule has 0 spiro atoms. The van der Waals surface area contributed by atoms with E-state index >= 15 is 0 Å². The Labute approximate surface area is 209 Å². The first-order chi connectivity index (χ1) is 17.1. The third-order valence-corrected chi connectivity index (χ3v) is 8.73. The Morgan fingerprint density at radius 3 is 2.58 bits per heavy atom. The zero-order valence-electron chi connectivity index (χ0n) is 18.6. The molecule has 0 saturated carbocycles. The first-order valence-corrected chi connectivity index (χ1v) is 14.3. The maximum Gasteiger partial charge on any atom is 0.413 e. The monoisotopic (exact) mass is 552 g/mol. The van der Waals surface area contributed by atoms with Crippen LogP contribution in [0.4, 0.5) is 9.93 Å². The molecule has 0 fully saturated rings. The van der Waals surface area contributed by atoms with E-state index in [0.717, 1.165) is 17.4 Å². The molecular weight excluding hydrogens is 532 g/mol. The molecule has 14 nitrogen and oxygen atoms in total. The first kappa shape index (κ1) is 25.6. The maximum absolute atomic E-state index is 12.9. The Bertz CT molecular complexity index is 1650. The average molecular weight is 553 g/mol. The van der Waals surface area contributed by atoms with E-state index < -0.39 is 41.5 Å². The number of hydrogen-bond donors (Lipinski definition) is 4. The summed E-state index contributed by atoms with van der Waals surface area (Å²) in [4.78, 5) is 15.1. The normalized spacial score (nSPS) is 12.1. The Morgan fingerprint density at radius 1 is 1.17 bits per heavy atom. The van der Waals surface area contributed by atoms with Crippen molar-refractivity contribution in [3.63, 3.8) is 0 Å². The van der Waals surface area contributed by atoms with Gasteiger partial charge in [-0.05, 0) is 29.8 Å². The van der Waals surface area contributed by atoms with E-state index in [2.05, 4.69) is 30.9 Å². The van der Waals surface area contributed by atoms with Gasteiger partial charge in [-0.2, -0.15) is 5.21 Å². The quantitative estimate of drug-likeness (QED) is 0.242. The molecule has 6 N–H and O–H groups in total. The van der Waals surface area contributed by atoms with Crippen molar-refractivity contribution in [3.05, 3.63) is 30.3 Å². The predicted molar refractivity (Wildman–Crippen MR) is 131 cm³/mol. The molecule has 0 aliphatic rings. The van der Waals surface area contributed by atoms with Gasteiger partial charge in [-0.15, -0.1) is 10.2 Å². The molecule has 0 atom stereocenters. The van der Waals surface area contributed by atoms with Crippen LogP contribution in [0.5, 0.6) is 0 Å². The van der Waals surface area contributed by atoms with E-state index in [1.807, 2.05) is 0 Å². The summed E-state index contributed by atoms with van der Waals surface area (Å²) in [5.41, 5.74) is 6.30. The number of primary sulfonamides is 1. The highest BCUT2D eigenvalue weighted by atomic mass is 32.2. The number of nitrogens with one attached hydrogen (secondary N) is 2. The first-order valence-electron chi connectivity index (χ1n) is 10.3. The number of H-pyrrole nitrogens is 1. The highest BCUT2D eigenvalue weighted by molar-refractivity contribution is 7.93. The van der Waals surface area contributed by atoms with Gasteiger partial charge in [-0.1, -0.05) is 29.5 Å².